The maximum Gasteiger partial charge on any atom is 0.136 e. The number of hydrogen-bond donors (Lipinski definition) is 0. The van der Waals surface area contributed by atoms with Crippen LogP contribution in [-0.2, 0) is 0 Å². The highest BCUT2D eigenvalue weighted by Crippen LogP contribution is 2.73. The van der Waals surface area contributed by atoms with Crippen molar-refractivity contribution in [3.8, 4) is 0 Å². The first-order valence-electron chi connectivity index (χ1n) is 3.96. The van der Waals surface area contributed by atoms with Gasteiger partial charge in [0, 0.05) is 17.9 Å². The molecule has 0 aromatic rings. The Hall–Kier alpha value is 0.740. The van der Waals surface area contributed by atoms with E-state index in [0.29, 0.717) is 0 Å². The fraction of sp³-hybridized carbons (Fsp3) is 1.00. The molecule has 10 heavy (non-hydrogen) atoms. The average Bonchev–Trinajstić information content (AvgIpc) is 2.36. The summed E-state index contributed by atoms with van der Waals surface area (Å²) in [4.78, 5) is 0. The molecule has 2 aliphatic rings. The molecule has 2 saturated heterocycles. The average molecular weight is 176 g/mol. The molecule has 0 aromatic heterocycles. The summed E-state index contributed by atoms with van der Waals surface area (Å²) in [5.41, 5.74) is 0. The molecular formula is C7H15NPS+. The minimum Gasteiger partial charge on any atom is -0.166 e. The summed E-state index contributed by atoms with van der Waals surface area (Å²) in [6, 6.07) is 0.966. The third kappa shape index (κ3) is 1.01. The molecule has 0 aromatic carbocycles. The molecule has 2 aliphatic heterocycles. The number of hydrogen-bond acceptors (Lipinski definition) is 2. The lowest BCUT2D eigenvalue weighted by Gasteiger charge is -2.20. The first kappa shape index (κ1) is 7.39. The third-order valence-electron chi connectivity index (χ3n) is 2.55. The summed E-state index contributed by atoms with van der Waals surface area (Å²) < 4.78 is 2.78. The van der Waals surface area contributed by atoms with Gasteiger partial charge in [-0.1, -0.05) is 0 Å². The van der Waals surface area contributed by atoms with Crippen LogP contribution in [-0.4, -0.2) is 36.3 Å². The zero-order valence-corrected chi connectivity index (χ0v) is 8.42. The second kappa shape index (κ2) is 2.36. The maximum atomic E-state index is 2.78. The number of fused-ring (bicyclic) bond motifs is 1. The Bertz CT molecular complexity index is 149. The fourth-order valence-electron chi connectivity index (χ4n) is 1.97. The summed E-state index contributed by atoms with van der Waals surface area (Å²) in [7, 11) is 0. The lowest BCUT2D eigenvalue weighted by atomic mass is 10.3. The summed E-state index contributed by atoms with van der Waals surface area (Å²) in [6.45, 7) is 5.66. The van der Waals surface area contributed by atoms with Gasteiger partial charge in [0.1, 0.15) is 6.62 Å². The SMILES string of the molecule is C[P+]1(C)SCC2CCCN21. The smallest absolute Gasteiger partial charge is 0.136 e. The van der Waals surface area contributed by atoms with Crippen molar-refractivity contribution < 1.29 is 0 Å². The van der Waals surface area contributed by atoms with Crippen LogP contribution in [0, 0.1) is 0 Å². The molecule has 0 spiro atoms. The van der Waals surface area contributed by atoms with Gasteiger partial charge in [0.15, 0.2) is 0 Å². The van der Waals surface area contributed by atoms with Crippen LogP contribution < -0.4 is 0 Å². The van der Waals surface area contributed by atoms with Crippen molar-refractivity contribution in [1.82, 2.24) is 4.67 Å². The van der Waals surface area contributed by atoms with Crippen LogP contribution in [0.2, 0.25) is 0 Å². The fourth-order valence-corrected chi connectivity index (χ4v) is 7.42. The Morgan fingerprint density at radius 2 is 2.30 bits per heavy atom. The summed E-state index contributed by atoms with van der Waals surface area (Å²) in [5, 5.41) is 0. The molecule has 0 saturated carbocycles. The van der Waals surface area contributed by atoms with Gasteiger partial charge in [-0.2, -0.15) is 4.67 Å². The van der Waals surface area contributed by atoms with Crippen LogP contribution in [0.4, 0.5) is 0 Å². The second-order valence-electron chi connectivity index (χ2n) is 3.55. The highest BCUT2D eigenvalue weighted by molar-refractivity contribution is 8.61. The third-order valence-corrected chi connectivity index (χ3v) is 8.45. The predicted molar refractivity (Wildman–Crippen MR) is 51.0 cm³/mol. The van der Waals surface area contributed by atoms with Crippen molar-refractivity contribution in [2.24, 2.45) is 0 Å². The van der Waals surface area contributed by atoms with Crippen molar-refractivity contribution in [2.45, 2.75) is 18.9 Å². The molecule has 2 heterocycles. The Morgan fingerprint density at radius 1 is 1.50 bits per heavy atom. The van der Waals surface area contributed by atoms with Crippen LogP contribution in [0.5, 0.6) is 0 Å². The Labute approximate surface area is 67.7 Å². The normalized spacial score (nSPS) is 38.4. The van der Waals surface area contributed by atoms with Crippen molar-refractivity contribution in [1.29, 1.82) is 0 Å². The Morgan fingerprint density at radius 3 is 3.00 bits per heavy atom. The van der Waals surface area contributed by atoms with E-state index in [9.17, 15) is 0 Å². The van der Waals surface area contributed by atoms with Crippen LogP contribution in [0.25, 0.3) is 0 Å². The van der Waals surface area contributed by atoms with Crippen molar-refractivity contribution >= 4 is 18.0 Å². The van der Waals surface area contributed by atoms with Gasteiger partial charge in [-0.3, -0.25) is 0 Å². The molecular weight excluding hydrogens is 161 g/mol. The minimum atomic E-state index is -0.647. The van der Waals surface area contributed by atoms with Gasteiger partial charge in [-0.05, 0) is 12.8 Å². The summed E-state index contributed by atoms with van der Waals surface area (Å²) in [6.07, 6.45) is 2.92. The van der Waals surface area contributed by atoms with Crippen LogP contribution >= 0.6 is 18.0 Å². The van der Waals surface area contributed by atoms with E-state index in [1.807, 2.05) is 0 Å². The van der Waals surface area contributed by atoms with Crippen molar-refractivity contribution in [2.75, 3.05) is 25.6 Å². The highest BCUT2D eigenvalue weighted by Gasteiger charge is 2.49. The molecule has 0 radical (unpaired) electrons. The van der Waals surface area contributed by atoms with Gasteiger partial charge in [-0.25, -0.2) is 0 Å². The Balaban J connectivity index is 2.16. The second-order valence-corrected chi connectivity index (χ2v) is 10.7. The molecule has 0 amide bonds. The Kier molecular flexibility index (Phi) is 1.75. The van der Waals surface area contributed by atoms with E-state index in [4.69, 9.17) is 0 Å². The highest BCUT2D eigenvalue weighted by atomic mass is 32.7. The largest absolute Gasteiger partial charge is 0.166 e. The predicted octanol–water partition coefficient (Wildman–Crippen LogP) is 2.30. The first-order chi connectivity index (χ1) is 4.70. The van der Waals surface area contributed by atoms with E-state index in [-0.39, 0.29) is 0 Å². The molecule has 0 N–H and O–H groups in total. The molecule has 3 heteroatoms. The molecule has 2 fully saturated rings. The monoisotopic (exact) mass is 176 g/mol. The van der Waals surface area contributed by atoms with Gasteiger partial charge < -0.3 is 0 Å². The van der Waals surface area contributed by atoms with E-state index < -0.39 is 6.62 Å². The molecule has 1 nitrogen and oxygen atoms in total. The van der Waals surface area contributed by atoms with Gasteiger partial charge in [0.2, 0.25) is 0 Å². The quantitative estimate of drug-likeness (QED) is 0.521. The van der Waals surface area contributed by atoms with Gasteiger partial charge in [0.05, 0.1) is 25.1 Å². The summed E-state index contributed by atoms with van der Waals surface area (Å²) >= 11 is 2.23. The van der Waals surface area contributed by atoms with E-state index in [1.54, 1.807) is 0 Å². The lowest BCUT2D eigenvalue weighted by molar-refractivity contribution is 0.467. The van der Waals surface area contributed by atoms with Crippen LogP contribution in [0.1, 0.15) is 12.8 Å². The van der Waals surface area contributed by atoms with Crippen molar-refractivity contribution in [3.05, 3.63) is 0 Å². The van der Waals surface area contributed by atoms with Crippen LogP contribution in [0.15, 0.2) is 0 Å². The van der Waals surface area contributed by atoms with E-state index in [1.165, 1.54) is 25.1 Å². The van der Waals surface area contributed by atoms with Crippen molar-refractivity contribution in [3.63, 3.8) is 0 Å². The van der Waals surface area contributed by atoms with Gasteiger partial charge >= 0.3 is 0 Å². The number of nitrogens with zero attached hydrogens (tertiary/aromatic N) is 1. The summed E-state index contributed by atoms with van der Waals surface area (Å²) in [5.74, 6) is 1.42. The molecule has 1 atom stereocenters. The molecule has 0 bridgehead atoms. The molecule has 58 valence electrons. The van der Waals surface area contributed by atoms with Crippen LogP contribution in [0.3, 0.4) is 0 Å². The zero-order valence-electron chi connectivity index (χ0n) is 6.71. The minimum absolute atomic E-state index is 0.647. The van der Waals surface area contributed by atoms with E-state index >= 15 is 0 Å². The molecule has 0 aliphatic carbocycles. The van der Waals surface area contributed by atoms with E-state index in [0.717, 1.165) is 6.04 Å². The topological polar surface area (TPSA) is 3.24 Å². The van der Waals surface area contributed by atoms with E-state index in [2.05, 4.69) is 29.4 Å². The first-order valence-corrected chi connectivity index (χ1v) is 8.18. The van der Waals surface area contributed by atoms with Gasteiger partial charge in [-0.15, -0.1) is 0 Å². The standard InChI is InChI=1S/C7H15NPS/c1-9(2)8-5-3-4-7(8)6-10-9/h7H,3-6H2,1-2H3/q+1. The zero-order chi connectivity index (χ0) is 7.19. The van der Waals surface area contributed by atoms with Gasteiger partial charge in [0.25, 0.3) is 0 Å². The molecule has 2 rings (SSSR count). The maximum absolute atomic E-state index is 2.78. The molecule has 1 unspecified atom stereocenters. The lowest BCUT2D eigenvalue weighted by Crippen LogP contribution is -2.22. The number of rotatable bonds is 0.